The van der Waals surface area contributed by atoms with Crippen LogP contribution in [-0.2, 0) is 16.8 Å². The molecule has 0 saturated heterocycles. The molecule has 0 aliphatic carbocycles. The highest BCUT2D eigenvalue weighted by Crippen LogP contribution is 2.32. The summed E-state index contributed by atoms with van der Waals surface area (Å²) >= 11 is 0. The molecule has 2 N–H and O–H groups in total. The minimum Gasteiger partial charge on any atom is -0.417 e. The van der Waals surface area contributed by atoms with Crippen molar-refractivity contribution in [2.75, 3.05) is 12.4 Å². The third-order valence-corrected chi connectivity index (χ3v) is 7.41. The molecule has 1 atom stereocenters. The first-order chi connectivity index (χ1) is 20.6. The van der Waals surface area contributed by atoms with Gasteiger partial charge in [0.15, 0.2) is 5.82 Å². The van der Waals surface area contributed by atoms with Gasteiger partial charge in [-0.2, -0.15) is 0 Å². The number of benzene rings is 2. The Labute approximate surface area is 248 Å². The summed E-state index contributed by atoms with van der Waals surface area (Å²) in [7, 11) is 1.58. The lowest BCUT2D eigenvalue weighted by molar-refractivity contribution is -0.122. The van der Waals surface area contributed by atoms with E-state index in [1.165, 1.54) is 10.8 Å². The van der Waals surface area contributed by atoms with Crippen molar-refractivity contribution >= 4 is 28.4 Å². The van der Waals surface area contributed by atoms with Gasteiger partial charge in [0.25, 0.3) is 11.4 Å². The van der Waals surface area contributed by atoms with E-state index in [-0.39, 0.29) is 30.1 Å². The van der Waals surface area contributed by atoms with Gasteiger partial charge in [0.2, 0.25) is 17.6 Å². The van der Waals surface area contributed by atoms with Crippen molar-refractivity contribution in [2.24, 2.45) is 5.92 Å². The van der Waals surface area contributed by atoms with E-state index in [0.717, 1.165) is 22.0 Å². The number of carbonyl (C=O) groups excluding carboxylic acids is 2. The number of nitrogens with zero attached hydrogens (tertiary/aromatic N) is 5. The smallest absolute Gasteiger partial charge is 0.294 e. The van der Waals surface area contributed by atoms with Crippen molar-refractivity contribution in [3.05, 3.63) is 101 Å². The summed E-state index contributed by atoms with van der Waals surface area (Å²) in [5, 5.41) is 14.7. The number of fused-ring (bicyclic) bond motifs is 1. The average Bonchev–Trinajstić information content (AvgIpc) is 3.52. The van der Waals surface area contributed by atoms with Crippen LogP contribution in [0.2, 0.25) is 0 Å². The fourth-order valence-electron chi connectivity index (χ4n) is 4.80. The molecule has 0 aliphatic rings. The van der Waals surface area contributed by atoms with Gasteiger partial charge in [-0.1, -0.05) is 62.4 Å². The zero-order valence-electron chi connectivity index (χ0n) is 24.7. The Hall–Kier alpha value is -5.19. The number of rotatable bonds is 10. The quantitative estimate of drug-likeness (QED) is 0.232. The maximum Gasteiger partial charge on any atom is 0.294 e. The maximum absolute atomic E-state index is 13.6. The first-order valence-electron chi connectivity index (χ1n) is 14.0. The topological polar surface area (TPSA) is 145 Å². The molecule has 1 unspecified atom stereocenters. The number of Topliss-reactive ketones (excluding diaryl/α,β-unsaturated/α-hetero) is 1. The third kappa shape index (κ3) is 5.92. The van der Waals surface area contributed by atoms with E-state index >= 15 is 0 Å². The molecular formula is C32H33N7O4. The van der Waals surface area contributed by atoms with E-state index in [0.29, 0.717) is 5.69 Å². The number of ketones is 1. The second-order valence-corrected chi connectivity index (χ2v) is 11.1. The van der Waals surface area contributed by atoms with E-state index in [9.17, 15) is 14.4 Å². The number of hydrogen-bond acceptors (Lipinski definition) is 9. The van der Waals surface area contributed by atoms with Crippen LogP contribution in [-0.4, -0.2) is 49.5 Å². The minimum atomic E-state index is -0.965. The molecule has 0 saturated carbocycles. The molecule has 3 heterocycles. The monoisotopic (exact) mass is 579 g/mol. The van der Waals surface area contributed by atoms with Gasteiger partial charge in [-0.15, -0.1) is 10.2 Å². The SMILES string of the molecule is CNc1ncc(-c2ccccc2)n(CC(=O)NC(C(=O)c2nnc(C(C)(C)c3cnc4ccccc4c3)o2)C(C)C)c1=O. The average molecular weight is 580 g/mol. The standard InChI is InChI=1S/C32H33N7O4/c1-19(2)26(36-25(40)18-39-24(20-11-7-6-8-12-20)17-35-28(33-5)30(39)42)27(41)29-37-38-31(43-29)32(3,4)22-15-21-13-9-10-14-23(21)34-16-22/h6-17,19,26H,18H2,1-5H3,(H,33,35)(H,36,40). The van der Waals surface area contributed by atoms with Gasteiger partial charge < -0.3 is 15.1 Å². The van der Waals surface area contributed by atoms with Crippen LogP contribution in [0, 0.1) is 5.92 Å². The number of hydrogen-bond donors (Lipinski definition) is 2. The molecular weight excluding hydrogens is 546 g/mol. The Morgan fingerprint density at radius 3 is 2.42 bits per heavy atom. The Bertz CT molecular complexity index is 1840. The van der Waals surface area contributed by atoms with Crippen LogP contribution < -0.4 is 16.2 Å². The van der Waals surface area contributed by atoms with Gasteiger partial charge in [-0.25, -0.2) is 4.98 Å². The number of pyridine rings is 1. The van der Waals surface area contributed by atoms with E-state index in [1.807, 2.05) is 74.5 Å². The minimum absolute atomic E-state index is 0.103. The summed E-state index contributed by atoms with van der Waals surface area (Å²) in [6, 6.07) is 18.0. The van der Waals surface area contributed by atoms with Gasteiger partial charge in [-0.05, 0) is 43.0 Å². The van der Waals surface area contributed by atoms with Gasteiger partial charge in [-0.3, -0.25) is 23.9 Å². The summed E-state index contributed by atoms with van der Waals surface area (Å²) in [4.78, 5) is 48.8. The van der Waals surface area contributed by atoms with Gasteiger partial charge in [0.05, 0.1) is 28.9 Å². The first kappa shape index (κ1) is 29.3. The molecule has 2 aromatic carbocycles. The Morgan fingerprint density at radius 2 is 1.70 bits per heavy atom. The predicted octanol–water partition coefficient (Wildman–Crippen LogP) is 4.23. The summed E-state index contributed by atoms with van der Waals surface area (Å²) in [6.45, 7) is 7.11. The second-order valence-electron chi connectivity index (χ2n) is 11.1. The molecule has 0 fully saturated rings. The molecule has 11 heteroatoms. The Balaban J connectivity index is 1.38. The zero-order chi connectivity index (χ0) is 30.7. The number of nitrogens with one attached hydrogen (secondary N) is 2. The highest BCUT2D eigenvalue weighted by molar-refractivity contribution is 5.98. The molecule has 11 nitrogen and oxygen atoms in total. The number of aromatic nitrogens is 5. The molecule has 0 aliphatic heterocycles. The molecule has 3 aromatic heterocycles. The van der Waals surface area contributed by atoms with Crippen molar-refractivity contribution < 1.29 is 14.0 Å². The molecule has 43 heavy (non-hydrogen) atoms. The van der Waals surface area contributed by atoms with E-state index in [2.05, 4.69) is 30.8 Å². The molecule has 0 radical (unpaired) electrons. The van der Waals surface area contributed by atoms with Gasteiger partial charge in [0.1, 0.15) is 6.54 Å². The Kier molecular flexibility index (Phi) is 8.16. The van der Waals surface area contributed by atoms with Crippen molar-refractivity contribution in [2.45, 2.75) is 45.7 Å². The van der Waals surface area contributed by atoms with Crippen LogP contribution in [0.5, 0.6) is 0 Å². The predicted molar refractivity (Wildman–Crippen MR) is 163 cm³/mol. The number of anilines is 1. The molecule has 5 rings (SSSR count). The lowest BCUT2D eigenvalue weighted by Crippen LogP contribution is -2.46. The number of para-hydroxylation sites is 1. The second kappa shape index (κ2) is 12.0. The van der Waals surface area contributed by atoms with E-state index < -0.39 is 28.7 Å². The van der Waals surface area contributed by atoms with Gasteiger partial charge in [0, 0.05) is 18.6 Å². The molecule has 5 aromatic rings. The van der Waals surface area contributed by atoms with Gasteiger partial charge >= 0.3 is 0 Å². The van der Waals surface area contributed by atoms with Crippen LogP contribution in [0.15, 0.2) is 82.3 Å². The number of amides is 1. The van der Waals surface area contributed by atoms with E-state index in [1.54, 1.807) is 27.1 Å². The zero-order valence-corrected chi connectivity index (χ0v) is 24.7. The largest absolute Gasteiger partial charge is 0.417 e. The van der Waals surface area contributed by atoms with Crippen LogP contribution >= 0.6 is 0 Å². The lowest BCUT2D eigenvalue weighted by atomic mass is 9.85. The van der Waals surface area contributed by atoms with Crippen LogP contribution in [0.3, 0.4) is 0 Å². The summed E-state index contributed by atoms with van der Waals surface area (Å²) in [5.74, 6) is -1.21. The molecule has 0 bridgehead atoms. The van der Waals surface area contributed by atoms with Crippen molar-refractivity contribution in [3.63, 3.8) is 0 Å². The summed E-state index contributed by atoms with van der Waals surface area (Å²) < 4.78 is 7.24. The third-order valence-electron chi connectivity index (χ3n) is 7.41. The molecule has 0 spiro atoms. The van der Waals surface area contributed by atoms with Crippen LogP contribution in [0.25, 0.3) is 22.2 Å². The van der Waals surface area contributed by atoms with Crippen molar-refractivity contribution in [1.29, 1.82) is 0 Å². The Morgan fingerprint density at radius 1 is 0.977 bits per heavy atom. The van der Waals surface area contributed by atoms with E-state index in [4.69, 9.17) is 4.42 Å². The highest BCUT2D eigenvalue weighted by atomic mass is 16.4. The first-order valence-corrected chi connectivity index (χ1v) is 14.0. The highest BCUT2D eigenvalue weighted by Gasteiger charge is 2.34. The van der Waals surface area contributed by atoms with Crippen molar-refractivity contribution in [1.82, 2.24) is 30.0 Å². The summed E-state index contributed by atoms with van der Waals surface area (Å²) in [6.07, 6.45) is 3.29. The lowest BCUT2D eigenvalue weighted by Gasteiger charge is -2.22. The van der Waals surface area contributed by atoms with Crippen molar-refractivity contribution in [3.8, 4) is 11.3 Å². The fourth-order valence-corrected chi connectivity index (χ4v) is 4.80. The summed E-state index contributed by atoms with van der Waals surface area (Å²) in [5.41, 5.74) is 1.71. The maximum atomic E-state index is 13.6. The molecule has 1 amide bonds. The normalized spacial score (nSPS) is 12.3. The fraction of sp³-hybridized carbons (Fsp3) is 0.281. The molecule has 220 valence electrons. The van der Waals surface area contributed by atoms with Crippen LogP contribution in [0.4, 0.5) is 5.82 Å². The van der Waals surface area contributed by atoms with Crippen LogP contribution in [0.1, 0.15) is 49.8 Å². The number of carbonyl (C=O) groups is 2.